The first-order valence-corrected chi connectivity index (χ1v) is 19.0. The van der Waals surface area contributed by atoms with Crippen molar-refractivity contribution in [1.82, 2.24) is 10.2 Å². The SMILES string of the molecule is CC(C)C1=C2C3CCC4C5(C)CC[C@H](OC(=O)CC(C)(C)C(=O)O)C(C)(C)C5CC[C@@]4(C)[C@]3(C)CCC2(NC(=O)N2CCCC2)CC1=O. The van der Waals surface area contributed by atoms with Crippen LogP contribution in [-0.2, 0) is 19.1 Å². The molecule has 5 fully saturated rings. The quantitative estimate of drug-likeness (QED) is 0.279. The summed E-state index contributed by atoms with van der Waals surface area (Å²) in [5, 5.41) is 13.1. The molecule has 1 aliphatic heterocycles. The summed E-state index contributed by atoms with van der Waals surface area (Å²) in [6, 6.07) is 0.00513. The van der Waals surface area contributed by atoms with Crippen LogP contribution in [0, 0.1) is 50.7 Å². The number of hydrogen-bond acceptors (Lipinski definition) is 5. The highest BCUT2D eigenvalue weighted by molar-refractivity contribution is 6.02. The number of nitrogens with zero attached hydrogens (tertiary/aromatic N) is 1. The van der Waals surface area contributed by atoms with Gasteiger partial charge in [0.05, 0.1) is 17.4 Å². The molecule has 0 aromatic rings. The molecule has 6 rings (SSSR count). The number of hydrogen-bond donors (Lipinski definition) is 2. The molecule has 8 atom stereocenters. The first-order chi connectivity index (χ1) is 22.2. The van der Waals surface area contributed by atoms with E-state index in [1.165, 1.54) is 5.57 Å². The zero-order valence-electron chi connectivity index (χ0n) is 31.2. The smallest absolute Gasteiger partial charge is 0.318 e. The maximum absolute atomic E-state index is 13.9. The lowest BCUT2D eigenvalue weighted by molar-refractivity contribution is -0.232. The molecule has 2 N–H and O–H groups in total. The number of esters is 1. The predicted molar refractivity (Wildman–Crippen MR) is 185 cm³/mol. The molecule has 5 unspecified atom stereocenters. The molecular weight excluding hydrogens is 604 g/mol. The lowest BCUT2D eigenvalue weighted by Gasteiger charge is -2.72. The molecule has 0 spiro atoms. The van der Waals surface area contributed by atoms with E-state index in [0.717, 1.165) is 82.9 Å². The van der Waals surface area contributed by atoms with E-state index in [0.29, 0.717) is 18.3 Å². The minimum Gasteiger partial charge on any atom is -0.481 e. The first-order valence-electron chi connectivity index (χ1n) is 19.0. The van der Waals surface area contributed by atoms with E-state index in [2.05, 4.69) is 53.8 Å². The molecular formula is C40H62N2O6. The largest absolute Gasteiger partial charge is 0.481 e. The van der Waals surface area contributed by atoms with Crippen LogP contribution in [0.5, 0.6) is 0 Å². The van der Waals surface area contributed by atoms with Crippen LogP contribution in [0.3, 0.4) is 0 Å². The van der Waals surface area contributed by atoms with Crippen LogP contribution in [0.4, 0.5) is 4.79 Å². The second-order valence-electron chi connectivity index (χ2n) is 19.1. The van der Waals surface area contributed by atoms with Crippen LogP contribution in [0.2, 0.25) is 0 Å². The van der Waals surface area contributed by atoms with Crippen molar-refractivity contribution in [3.8, 4) is 0 Å². The van der Waals surface area contributed by atoms with Gasteiger partial charge in [-0.1, -0.05) is 48.5 Å². The molecule has 0 aromatic carbocycles. The highest BCUT2D eigenvalue weighted by Gasteiger charge is 2.70. The number of ketones is 1. The fraction of sp³-hybridized carbons (Fsp3) is 0.850. The first kappa shape index (κ1) is 35.4. The summed E-state index contributed by atoms with van der Waals surface area (Å²) in [5.41, 5.74) is 0.452. The van der Waals surface area contributed by atoms with Crippen LogP contribution in [0.25, 0.3) is 0 Å². The molecule has 48 heavy (non-hydrogen) atoms. The zero-order chi connectivity index (χ0) is 35.2. The van der Waals surface area contributed by atoms with Crippen LogP contribution >= 0.6 is 0 Å². The van der Waals surface area contributed by atoms with Gasteiger partial charge in [0.1, 0.15) is 6.10 Å². The second-order valence-corrected chi connectivity index (χ2v) is 19.1. The Morgan fingerprint density at radius 2 is 1.58 bits per heavy atom. The fourth-order valence-electron chi connectivity index (χ4n) is 12.8. The van der Waals surface area contributed by atoms with Crippen LogP contribution in [0.15, 0.2) is 11.1 Å². The Hall–Kier alpha value is -2.38. The van der Waals surface area contributed by atoms with Gasteiger partial charge in [-0.3, -0.25) is 14.4 Å². The number of fused-ring (bicyclic) bond motifs is 7. The van der Waals surface area contributed by atoms with Gasteiger partial charge in [0, 0.05) is 24.9 Å². The summed E-state index contributed by atoms with van der Waals surface area (Å²) in [5.74, 6) is 0.0907. The van der Waals surface area contributed by atoms with E-state index in [4.69, 9.17) is 4.74 Å². The van der Waals surface area contributed by atoms with Gasteiger partial charge in [-0.25, -0.2) is 4.79 Å². The van der Waals surface area contributed by atoms with E-state index in [-0.39, 0.29) is 57.8 Å². The lowest BCUT2D eigenvalue weighted by atomic mass is 9.33. The van der Waals surface area contributed by atoms with Gasteiger partial charge < -0.3 is 20.1 Å². The summed E-state index contributed by atoms with van der Waals surface area (Å²) in [6.07, 6.45) is 9.97. The van der Waals surface area contributed by atoms with E-state index in [1.54, 1.807) is 13.8 Å². The topological polar surface area (TPSA) is 113 Å². The highest BCUT2D eigenvalue weighted by Crippen LogP contribution is 2.76. The Kier molecular flexibility index (Phi) is 8.55. The van der Waals surface area contributed by atoms with Crippen molar-refractivity contribution in [2.24, 2.45) is 50.7 Å². The molecule has 4 saturated carbocycles. The van der Waals surface area contributed by atoms with Gasteiger partial charge in [-0.05, 0) is 129 Å². The summed E-state index contributed by atoms with van der Waals surface area (Å²) < 4.78 is 6.15. The van der Waals surface area contributed by atoms with Crippen molar-refractivity contribution >= 4 is 23.8 Å². The monoisotopic (exact) mass is 666 g/mol. The fourth-order valence-corrected chi connectivity index (χ4v) is 12.8. The third-order valence-electron chi connectivity index (χ3n) is 15.5. The Morgan fingerprint density at radius 1 is 0.917 bits per heavy atom. The molecule has 8 heteroatoms. The maximum Gasteiger partial charge on any atom is 0.318 e. The van der Waals surface area contributed by atoms with Gasteiger partial charge in [0.25, 0.3) is 0 Å². The Labute approximate surface area is 288 Å². The minimum atomic E-state index is -1.16. The van der Waals surface area contributed by atoms with Crippen molar-refractivity contribution < 1.29 is 29.0 Å². The summed E-state index contributed by atoms with van der Waals surface area (Å²) in [4.78, 5) is 54.2. The Balaban J connectivity index is 1.29. The van der Waals surface area contributed by atoms with Crippen molar-refractivity contribution in [2.45, 2.75) is 151 Å². The number of nitrogens with one attached hydrogen (secondary N) is 1. The molecule has 0 bridgehead atoms. The van der Waals surface area contributed by atoms with Crippen LogP contribution < -0.4 is 5.32 Å². The number of Topliss-reactive ketones (excluding diaryl/α,β-unsaturated/α-hetero) is 1. The van der Waals surface area contributed by atoms with Crippen molar-refractivity contribution in [1.29, 1.82) is 0 Å². The number of urea groups is 1. The van der Waals surface area contributed by atoms with Crippen LogP contribution in [-0.4, -0.2) is 58.5 Å². The van der Waals surface area contributed by atoms with Crippen molar-refractivity contribution in [3.05, 3.63) is 11.1 Å². The predicted octanol–water partition coefficient (Wildman–Crippen LogP) is 7.94. The Morgan fingerprint density at radius 3 is 2.21 bits per heavy atom. The molecule has 268 valence electrons. The van der Waals surface area contributed by atoms with E-state index >= 15 is 0 Å². The number of carboxylic acid groups (broad SMARTS) is 1. The van der Waals surface area contributed by atoms with Gasteiger partial charge in [0.2, 0.25) is 0 Å². The molecule has 1 heterocycles. The minimum absolute atomic E-state index is 0.00172. The number of carbonyl (C=O) groups excluding carboxylic acids is 3. The van der Waals surface area contributed by atoms with Gasteiger partial charge in [-0.2, -0.15) is 0 Å². The number of aliphatic carboxylic acids is 1. The maximum atomic E-state index is 13.9. The van der Waals surface area contributed by atoms with Gasteiger partial charge >= 0.3 is 18.0 Å². The molecule has 5 aliphatic carbocycles. The molecule has 6 aliphatic rings. The molecule has 0 aromatic heterocycles. The number of allylic oxidation sites excluding steroid dienone is 1. The average Bonchev–Trinajstić information content (AvgIpc) is 3.61. The number of carboxylic acids is 1. The summed E-state index contributed by atoms with van der Waals surface area (Å²) in [7, 11) is 0. The number of amides is 2. The molecule has 1 saturated heterocycles. The number of carbonyl (C=O) groups is 4. The van der Waals surface area contributed by atoms with Gasteiger partial charge in [-0.15, -0.1) is 0 Å². The number of likely N-dealkylation sites (tertiary alicyclic amines) is 1. The number of ether oxygens (including phenoxy) is 1. The zero-order valence-corrected chi connectivity index (χ0v) is 31.2. The van der Waals surface area contributed by atoms with E-state index in [1.807, 2.05) is 4.90 Å². The molecule has 8 nitrogen and oxygen atoms in total. The van der Waals surface area contributed by atoms with E-state index in [9.17, 15) is 24.3 Å². The van der Waals surface area contributed by atoms with Crippen LogP contribution in [0.1, 0.15) is 139 Å². The molecule has 2 amide bonds. The van der Waals surface area contributed by atoms with Crippen molar-refractivity contribution in [2.75, 3.05) is 13.1 Å². The standard InChI is InChI=1S/C40H62N2O6/c1-24(2)31-26(43)22-40(41-34(47)42-20-10-11-21-42)19-18-38(8)25(32(31)40)12-13-28-37(7)16-15-29(48-30(44)23-35(3,4)33(45)46)36(5,6)27(37)14-17-39(28,38)9/h24-25,27-29H,10-23H2,1-9H3,(H,41,47)(H,45,46)/t25?,27?,28?,29-,37?,38+,39+,40?/m0/s1. The third-order valence-corrected chi connectivity index (χ3v) is 15.5. The highest BCUT2D eigenvalue weighted by atomic mass is 16.5. The number of rotatable bonds is 6. The lowest BCUT2D eigenvalue weighted by Crippen LogP contribution is -2.67. The van der Waals surface area contributed by atoms with E-state index < -0.39 is 22.9 Å². The van der Waals surface area contributed by atoms with Crippen molar-refractivity contribution in [3.63, 3.8) is 0 Å². The average molecular weight is 667 g/mol. The summed E-state index contributed by atoms with van der Waals surface area (Å²) in [6.45, 7) is 21.2. The van der Waals surface area contributed by atoms with Gasteiger partial charge in [0.15, 0.2) is 5.78 Å². The molecule has 0 radical (unpaired) electrons. The summed E-state index contributed by atoms with van der Waals surface area (Å²) >= 11 is 0. The second kappa shape index (κ2) is 11.6. The normalized spacial score (nSPS) is 40.5. The third kappa shape index (κ3) is 5.10. The Bertz CT molecular complexity index is 1410.